The minimum Gasteiger partial charge on any atom is -0.380 e. The van der Waals surface area contributed by atoms with Crippen molar-refractivity contribution in [3.05, 3.63) is 35.9 Å². The highest BCUT2D eigenvalue weighted by atomic mass is 16.5. The molecular weight excluding hydrogens is 224 g/mol. The van der Waals surface area contributed by atoms with Crippen LogP contribution in [0.25, 0.3) is 0 Å². The molecule has 2 fully saturated rings. The maximum absolute atomic E-state index is 5.89. The van der Waals surface area contributed by atoms with Crippen LogP contribution in [0.1, 0.15) is 24.3 Å². The Morgan fingerprint density at radius 2 is 2.06 bits per heavy atom. The molecule has 0 radical (unpaired) electrons. The van der Waals surface area contributed by atoms with Gasteiger partial charge in [0.15, 0.2) is 0 Å². The molecule has 2 N–H and O–H groups in total. The summed E-state index contributed by atoms with van der Waals surface area (Å²) in [4.78, 5) is 2.58. The van der Waals surface area contributed by atoms with E-state index in [4.69, 9.17) is 10.5 Å². The van der Waals surface area contributed by atoms with Gasteiger partial charge in [0, 0.05) is 38.2 Å². The van der Waals surface area contributed by atoms with Crippen molar-refractivity contribution in [3.8, 4) is 0 Å². The largest absolute Gasteiger partial charge is 0.380 e. The van der Waals surface area contributed by atoms with Gasteiger partial charge in [0.1, 0.15) is 0 Å². The highest BCUT2D eigenvalue weighted by Gasteiger charge is 2.47. The van der Waals surface area contributed by atoms with Gasteiger partial charge in [-0.3, -0.25) is 4.90 Å². The Hall–Kier alpha value is -0.900. The minimum atomic E-state index is 0.371. The number of benzene rings is 1. The first kappa shape index (κ1) is 12.2. The van der Waals surface area contributed by atoms with Crippen molar-refractivity contribution >= 4 is 0 Å². The lowest BCUT2D eigenvalue weighted by molar-refractivity contribution is 0.107. The standard InChI is InChI=1S/C15H22N2O/c1-18-13-7-12(9-16)17(10-13)15-8-14(15)11-5-3-2-4-6-11/h2-6,12-15H,7-10,16H2,1H3. The topological polar surface area (TPSA) is 38.5 Å². The first-order chi connectivity index (χ1) is 8.83. The van der Waals surface area contributed by atoms with Gasteiger partial charge in [0.05, 0.1) is 6.10 Å². The number of hydrogen-bond donors (Lipinski definition) is 1. The number of methoxy groups -OCH3 is 1. The van der Waals surface area contributed by atoms with E-state index >= 15 is 0 Å². The summed E-state index contributed by atoms with van der Waals surface area (Å²) in [6.45, 7) is 1.80. The summed E-state index contributed by atoms with van der Waals surface area (Å²) in [5, 5.41) is 0. The summed E-state index contributed by atoms with van der Waals surface area (Å²) in [5.41, 5.74) is 7.37. The molecule has 4 atom stereocenters. The summed E-state index contributed by atoms with van der Waals surface area (Å²) in [6.07, 6.45) is 2.73. The minimum absolute atomic E-state index is 0.371. The van der Waals surface area contributed by atoms with Crippen LogP contribution in [0.4, 0.5) is 0 Å². The number of rotatable bonds is 4. The maximum Gasteiger partial charge on any atom is 0.0713 e. The van der Waals surface area contributed by atoms with Gasteiger partial charge in [0.25, 0.3) is 0 Å². The third kappa shape index (κ3) is 2.18. The highest BCUT2D eigenvalue weighted by Crippen LogP contribution is 2.47. The number of nitrogens with two attached hydrogens (primary N) is 1. The lowest BCUT2D eigenvalue weighted by Crippen LogP contribution is -2.37. The second-order valence-corrected chi connectivity index (χ2v) is 5.50. The SMILES string of the molecule is COC1CC(CN)N(C2CC2c2ccccc2)C1. The van der Waals surface area contributed by atoms with Crippen LogP contribution in [0.5, 0.6) is 0 Å². The molecule has 3 heteroatoms. The molecule has 2 aliphatic rings. The van der Waals surface area contributed by atoms with Crippen molar-refractivity contribution in [3.63, 3.8) is 0 Å². The fourth-order valence-corrected chi connectivity index (χ4v) is 3.31. The van der Waals surface area contributed by atoms with Gasteiger partial charge in [-0.25, -0.2) is 0 Å². The molecule has 1 saturated carbocycles. The third-order valence-corrected chi connectivity index (χ3v) is 4.43. The highest BCUT2D eigenvalue weighted by molar-refractivity contribution is 5.28. The zero-order chi connectivity index (χ0) is 12.5. The smallest absolute Gasteiger partial charge is 0.0713 e. The van der Waals surface area contributed by atoms with Crippen LogP contribution in [0.3, 0.4) is 0 Å². The van der Waals surface area contributed by atoms with Crippen LogP contribution in [0.2, 0.25) is 0 Å². The average Bonchev–Trinajstić information content (AvgIpc) is 3.12. The van der Waals surface area contributed by atoms with Crippen LogP contribution in [-0.2, 0) is 4.74 Å². The number of nitrogens with zero attached hydrogens (tertiary/aromatic N) is 1. The predicted molar refractivity (Wildman–Crippen MR) is 72.6 cm³/mol. The van der Waals surface area contributed by atoms with Crippen LogP contribution in [0, 0.1) is 0 Å². The molecule has 1 aromatic rings. The van der Waals surface area contributed by atoms with Crippen molar-refractivity contribution in [2.45, 2.75) is 36.9 Å². The van der Waals surface area contributed by atoms with Gasteiger partial charge in [-0.1, -0.05) is 30.3 Å². The Morgan fingerprint density at radius 1 is 1.28 bits per heavy atom. The molecule has 0 spiro atoms. The van der Waals surface area contributed by atoms with Crippen molar-refractivity contribution < 1.29 is 4.74 Å². The fraction of sp³-hybridized carbons (Fsp3) is 0.600. The molecule has 0 aromatic heterocycles. The molecule has 1 aliphatic heterocycles. The summed E-state index contributed by atoms with van der Waals surface area (Å²) < 4.78 is 5.50. The lowest BCUT2D eigenvalue weighted by atomic mass is 10.1. The number of hydrogen-bond acceptors (Lipinski definition) is 3. The van der Waals surface area contributed by atoms with E-state index in [2.05, 4.69) is 35.2 Å². The van der Waals surface area contributed by atoms with Crippen LogP contribution in [-0.4, -0.2) is 43.3 Å². The van der Waals surface area contributed by atoms with E-state index in [-0.39, 0.29) is 0 Å². The normalized spacial score (nSPS) is 35.9. The predicted octanol–water partition coefficient (Wildman–Crippen LogP) is 1.59. The zero-order valence-electron chi connectivity index (χ0n) is 11.0. The van der Waals surface area contributed by atoms with Crippen LogP contribution < -0.4 is 5.73 Å². The summed E-state index contributed by atoms with van der Waals surface area (Å²) >= 11 is 0. The van der Waals surface area contributed by atoms with E-state index in [0.29, 0.717) is 24.1 Å². The first-order valence-electron chi connectivity index (χ1n) is 6.87. The Kier molecular flexibility index (Phi) is 3.37. The Morgan fingerprint density at radius 3 is 2.72 bits per heavy atom. The van der Waals surface area contributed by atoms with Gasteiger partial charge in [-0.15, -0.1) is 0 Å². The van der Waals surface area contributed by atoms with Crippen molar-refractivity contribution in [1.82, 2.24) is 4.90 Å². The van der Waals surface area contributed by atoms with E-state index in [0.717, 1.165) is 19.5 Å². The van der Waals surface area contributed by atoms with Gasteiger partial charge in [-0.2, -0.15) is 0 Å². The molecule has 18 heavy (non-hydrogen) atoms. The second-order valence-electron chi connectivity index (χ2n) is 5.50. The molecule has 98 valence electrons. The fourth-order valence-electron chi connectivity index (χ4n) is 3.31. The molecule has 1 heterocycles. The molecule has 1 aliphatic carbocycles. The van der Waals surface area contributed by atoms with Gasteiger partial charge in [-0.05, 0) is 18.4 Å². The maximum atomic E-state index is 5.89. The number of ether oxygens (including phenoxy) is 1. The average molecular weight is 246 g/mol. The quantitative estimate of drug-likeness (QED) is 0.877. The Balaban J connectivity index is 1.67. The molecule has 1 saturated heterocycles. The van der Waals surface area contributed by atoms with E-state index in [1.807, 2.05) is 7.11 Å². The Labute approximate surface area is 109 Å². The molecular formula is C15H22N2O. The zero-order valence-corrected chi connectivity index (χ0v) is 11.0. The van der Waals surface area contributed by atoms with Crippen molar-refractivity contribution in [2.24, 2.45) is 5.73 Å². The third-order valence-electron chi connectivity index (χ3n) is 4.43. The van der Waals surface area contributed by atoms with E-state index < -0.39 is 0 Å². The summed E-state index contributed by atoms with van der Waals surface area (Å²) in [6, 6.07) is 12.0. The number of likely N-dealkylation sites (tertiary alicyclic amines) is 1. The molecule has 4 unspecified atom stereocenters. The van der Waals surface area contributed by atoms with Crippen LogP contribution in [0.15, 0.2) is 30.3 Å². The van der Waals surface area contributed by atoms with E-state index in [1.54, 1.807) is 0 Å². The van der Waals surface area contributed by atoms with E-state index in [1.165, 1.54) is 12.0 Å². The molecule has 3 rings (SSSR count). The Bertz CT molecular complexity index is 395. The lowest BCUT2D eigenvalue weighted by Gasteiger charge is -2.23. The van der Waals surface area contributed by atoms with E-state index in [9.17, 15) is 0 Å². The second kappa shape index (κ2) is 5.00. The summed E-state index contributed by atoms with van der Waals surface area (Å²) in [7, 11) is 1.81. The molecule has 0 amide bonds. The summed E-state index contributed by atoms with van der Waals surface area (Å²) in [5.74, 6) is 0.704. The van der Waals surface area contributed by atoms with Gasteiger partial charge in [0.2, 0.25) is 0 Å². The van der Waals surface area contributed by atoms with Gasteiger partial charge >= 0.3 is 0 Å². The first-order valence-corrected chi connectivity index (χ1v) is 6.87. The molecule has 0 bridgehead atoms. The molecule has 3 nitrogen and oxygen atoms in total. The van der Waals surface area contributed by atoms with Crippen molar-refractivity contribution in [1.29, 1.82) is 0 Å². The van der Waals surface area contributed by atoms with Crippen LogP contribution >= 0.6 is 0 Å². The monoisotopic (exact) mass is 246 g/mol. The van der Waals surface area contributed by atoms with Gasteiger partial charge < -0.3 is 10.5 Å². The van der Waals surface area contributed by atoms with Crippen molar-refractivity contribution in [2.75, 3.05) is 20.2 Å². The molecule has 1 aromatic carbocycles.